The first-order valence-corrected chi connectivity index (χ1v) is 6.08. The number of nitrogens with one attached hydrogen (secondary N) is 1. The molecule has 0 unspecified atom stereocenters. The van der Waals surface area contributed by atoms with E-state index in [1.165, 1.54) is 10.8 Å². The first kappa shape index (κ1) is 13.0. The van der Waals surface area contributed by atoms with Gasteiger partial charge in [-0.15, -0.1) is 0 Å². The molecule has 20 heavy (non-hydrogen) atoms. The molecule has 3 atom stereocenters. The summed E-state index contributed by atoms with van der Waals surface area (Å²) in [6, 6.07) is 0. The van der Waals surface area contributed by atoms with Gasteiger partial charge < -0.3 is 19.7 Å². The van der Waals surface area contributed by atoms with Crippen molar-refractivity contribution in [1.82, 2.24) is 9.55 Å². The van der Waals surface area contributed by atoms with Crippen LogP contribution in [0.5, 0.6) is 0 Å². The van der Waals surface area contributed by atoms with E-state index in [4.69, 9.17) is 14.6 Å². The van der Waals surface area contributed by atoms with Crippen LogP contribution < -0.4 is 11.0 Å². The molecule has 0 radical (unpaired) electrons. The molecule has 3 heterocycles. The first-order chi connectivity index (χ1) is 9.58. The van der Waals surface area contributed by atoms with Gasteiger partial charge in [-0.1, -0.05) is 0 Å². The zero-order valence-corrected chi connectivity index (χ0v) is 10.4. The zero-order valence-electron chi connectivity index (χ0n) is 10.4. The van der Waals surface area contributed by atoms with E-state index in [0.29, 0.717) is 5.56 Å². The van der Waals surface area contributed by atoms with E-state index in [9.17, 15) is 14.7 Å². The summed E-state index contributed by atoms with van der Waals surface area (Å²) in [4.78, 5) is 26.7. The lowest BCUT2D eigenvalue weighted by Gasteiger charge is -2.20. The predicted octanol–water partition coefficient (Wildman–Crippen LogP) is -1.05. The van der Waals surface area contributed by atoms with Gasteiger partial charge in [0.05, 0.1) is 12.7 Å². The number of anilines is 1. The fraction of sp³-hybridized carbons (Fsp3) is 0.545. The molecule has 1 fully saturated rings. The summed E-state index contributed by atoms with van der Waals surface area (Å²) < 4.78 is 11.4. The Balaban J connectivity index is 1.92. The van der Waals surface area contributed by atoms with Gasteiger partial charge in [0.2, 0.25) is 0 Å². The second kappa shape index (κ2) is 4.85. The number of rotatable bonds is 2. The Morgan fingerprint density at radius 1 is 1.50 bits per heavy atom. The number of ether oxygens (including phenoxy) is 2. The molecule has 0 bridgehead atoms. The molecule has 108 valence electrons. The van der Waals surface area contributed by atoms with Crippen molar-refractivity contribution in [2.75, 3.05) is 11.9 Å². The van der Waals surface area contributed by atoms with Crippen molar-refractivity contribution in [3.8, 4) is 0 Å². The van der Waals surface area contributed by atoms with Gasteiger partial charge in [0.25, 0.3) is 0 Å². The molecule has 3 rings (SSSR count). The van der Waals surface area contributed by atoms with Crippen LogP contribution in [0.25, 0.3) is 0 Å². The highest BCUT2D eigenvalue weighted by Gasteiger charge is 2.35. The van der Waals surface area contributed by atoms with Crippen LogP contribution in [-0.2, 0) is 16.1 Å². The molecule has 0 aromatic carbocycles. The highest BCUT2D eigenvalue weighted by Crippen LogP contribution is 2.28. The zero-order chi connectivity index (χ0) is 14.3. The number of cyclic esters (lactones) is 1. The van der Waals surface area contributed by atoms with Crippen molar-refractivity contribution in [2.24, 2.45) is 0 Å². The third-order valence-electron chi connectivity index (χ3n) is 3.30. The number of carbonyl (C=O) groups excluding carboxylic acids is 1. The number of aromatic nitrogens is 2. The minimum atomic E-state index is -0.844. The molecule has 1 amide bonds. The molecular formula is C11H13N3O6. The lowest BCUT2D eigenvalue weighted by molar-refractivity contribution is -0.0460. The van der Waals surface area contributed by atoms with Gasteiger partial charge in [0, 0.05) is 18.2 Å². The fourth-order valence-corrected chi connectivity index (χ4v) is 2.26. The SMILES string of the molecule is O=C1Nc2nc(=O)n([C@H]3C[C@@H](O)[C@@H](CO)O3)cc2CO1. The molecular weight excluding hydrogens is 270 g/mol. The maximum absolute atomic E-state index is 11.9. The number of aliphatic hydroxyl groups is 2. The van der Waals surface area contributed by atoms with Crippen LogP contribution in [0.2, 0.25) is 0 Å². The molecule has 9 heteroatoms. The van der Waals surface area contributed by atoms with Crippen LogP contribution in [0.4, 0.5) is 10.6 Å². The molecule has 0 spiro atoms. The Morgan fingerprint density at radius 2 is 2.30 bits per heavy atom. The number of carbonyl (C=O) groups is 1. The molecule has 0 saturated carbocycles. The van der Waals surface area contributed by atoms with Crippen molar-refractivity contribution in [3.05, 3.63) is 22.2 Å². The third kappa shape index (κ3) is 2.15. The summed E-state index contributed by atoms with van der Waals surface area (Å²) in [5.74, 6) is 0.166. The topological polar surface area (TPSA) is 123 Å². The summed E-state index contributed by atoms with van der Waals surface area (Å²) >= 11 is 0. The summed E-state index contributed by atoms with van der Waals surface area (Å²) in [6.07, 6.45) is -1.28. The number of amides is 1. The van der Waals surface area contributed by atoms with Crippen LogP contribution in [0.1, 0.15) is 18.2 Å². The monoisotopic (exact) mass is 283 g/mol. The number of nitrogens with zero attached hydrogens (tertiary/aromatic N) is 2. The van der Waals surface area contributed by atoms with Crippen LogP contribution in [-0.4, -0.2) is 44.7 Å². The second-order valence-electron chi connectivity index (χ2n) is 4.62. The molecule has 9 nitrogen and oxygen atoms in total. The van der Waals surface area contributed by atoms with Crippen LogP contribution in [0, 0.1) is 0 Å². The van der Waals surface area contributed by atoms with E-state index >= 15 is 0 Å². The number of hydrogen-bond donors (Lipinski definition) is 3. The molecule has 0 aliphatic carbocycles. The van der Waals surface area contributed by atoms with E-state index in [1.807, 2.05) is 0 Å². The van der Waals surface area contributed by atoms with E-state index < -0.39 is 30.2 Å². The van der Waals surface area contributed by atoms with E-state index in [-0.39, 0.29) is 25.5 Å². The molecule has 1 aromatic heterocycles. The van der Waals surface area contributed by atoms with Crippen molar-refractivity contribution in [3.63, 3.8) is 0 Å². The Kier molecular flexibility index (Phi) is 3.16. The van der Waals surface area contributed by atoms with Crippen LogP contribution >= 0.6 is 0 Å². The summed E-state index contributed by atoms with van der Waals surface area (Å²) in [5.41, 5.74) is -0.0727. The molecule has 1 aromatic rings. The van der Waals surface area contributed by atoms with Crippen LogP contribution in [0.3, 0.4) is 0 Å². The van der Waals surface area contributed by atoms with Gasteiger partial charge in [-0.3, -0.25) is 9.88 Å². The predicted molar refractivity (Wildman–Crippen MR) is 63.9 cm³/mol. The van der Waals surface area contributed by atoms with Gasteiger partial charge in [-0.2, -0.15) is 4.98 Å². The molecule has 1 saturated heterocycles. The molecule has 2 aliphatic rings. The maximum atomic E-state index is 11.9. The summed E-state index contributed by atoms with van der Waals surface area (Å²) in [5, 5.41) is 21.0. The maximum Gasteiger partial charge on any atom is 0.413 e. The third-order valence-corrected chi connectivity index (χ3v) is 3.30. The minimum Gasteiger partial charge on any atom is -0.444 e. The van der Waals surface area contributed by atoms with Gasteiger partial charge >= 0.3 is 11.8 Å². The van der Waals surface area contributed by atoms with Gasteiger partial charge in [-0.05, 0) is 0 Å². The standard InChI is InChI=1S/C11H13N3O6/c15-3-7-6(16)1-8(20-7)14-2-5-4-19-11(18)13-9(5)12-10(14)17/h2,6-8,15-16H,1,3-4H2,(H,12,13,17,18)/t6-,7-,8-/m1/s1. The molecule has 2 aliphatic heterocycles. The number of hydrogen-bond acceptors (Lipinski definition) is 7. The van der Waals surface area contributed by atoms with Crippen molar-refractivity contribution in [2.45, 2.75) is 31.5 Å². The number of fused-ring (bicyclic) bond motifs is 1. The Hall–Kier alpha value is -1.97. The quantitative estimate of drug-likeness (QED) is 0.632. The van der Waals surface area contributed by atoms with Gasteiger partial charge in [0.15, 0.2) is 0 Å². The van der Waals surface area contributed by atoms with E-state index in [0.717, 1.165) is 0 Å². The summed E-state index contributed by atoms with van der Waals surface area (Å²) in [7, 11) is 0. The van der Waals surface area contributed by atoms with Crippen LogP contribution in [0.15, 0.2) is 11.0 Å². The largest absolute Gasteiger partial charge is 0.444 e. The average Bonchev–Trinajstić information content (AvgIpc) is 2.79. The first-order valence-electron chi connectivity index (χ1n) is 6.08. The van der Waals surface area contributed by atoms with Crippen molar-refractivity contribution >= 4 is 11.9 Å². The van der Waals surface area contributed by atoms with Gasteiger partial charge in [-0.25, -0.2) is 9.59 Å². The highest BCUT2D eigenvalue weighted by atomic mass is 16.6. The lowest BCUT2D eigenvalue weighted by Crippen LogP contribution is -2.32. The van der Waals surface area contributed by atoms with Crippen molar-refractivity contribution < 1.29 is 24.5 Å². The average molecular weight is 283 g/mol. The minimum absolute atomic E-state index is 0.00709. The Bertz CT molecular complexity index is 600. The summed E-state index contributed by atoms with van der Waals surface area (Å²) in [6.45, 7) is -0.322. The van der Waals surface area contributed by atoms with E-state index in [1.54, 1.807) is 0 Å². The van der Waals surface area contributed by atoms with Gasteiger partial charge in [0.1, 0.15) is 24.8 Å². The number of aliphatic hydroxyl groups excluding tert-OH is 2. The van der Waals surface area contributed by atoms with Crippen molar-refractivity contribution in [1.29, 1.82) is 0 Å². The fourth-order valence-electron chi connectivity index (χ4n) is 2.26. The highest BCUT2D eigenvalue weighted by molar-refractivity contribution is 5.85. The normalized spacial score (nSPS) is 28.7. The molecule has 3 N–H and O–H groups in total. The van der Waals surface area contributed by atoms with E-state index in [2.05, 4.69) is 10.3 Å². The smallest absolute Gasteiger partial charge is 0.413 e. The second-order valence-corrected chi connectivity index (χ2v) is 4.62. The Morgan fingerprint density at radius 3 is 3.00 bits per heavy atom. The Labute approximate surface area is 112 Å². The lowest BCUT2D eigenvalue weighted by atomic mass is 10.2.